The van der Waals surface area contributed by atoms with E-state index < -0.39 is 0 Å². The Morgan fingerprint density at radius 1 is 1.50 bits per heavy atom. The normalized spacial score (nSPS) is 9.86. The van der Waals surface area contributed by atoms with Crippen molar-refractivity contribution in [2.75, 3.05) is 0 Å². The van der Waals surface area contributed by atoms with Gasteiger partial charge in [-0.15, -0.1) is 0 Å². The molecule has 0 fully saturated rings. The van der Waals surface area contributed by atoms with E-state index in [1.165, 1.54) is 6.07 Å². The third-order valence-corrected chi connectivity index (χ3v) is 2.07. The van der Waals surface area contributed by atoms with Gasteiger partial charge in [-0.1, -0.05) is 13.8 Å². The first kappa shape index (κ1) is 10.3. The minimum atomic E-state index is -0.138. The van der Waals surface area contributed by atoms with Crippen LogP contribution in [0.25, 0.3) is 0 Å². The van der Waals surface area contributed by atoms with Crippen LogP contribution in [0.4, 0.5) is 0 Å². The Morgan fingerprint density at radius 3 is 2.57 bits per heavy atom. The number of aldehydes is 1. The van der Waals surface area contributed by atoms with Crippen LogP contribution >= 0.6 is 0 Å². The average molecular weight is 189 g/mol. The maximum atomic E-state index is 10.6. The van der Waals surface area contributed by atoms with Gasteiger partial charge in [0, 0.05) is 0 Å². The number of nitriles is 1. The molecule has 1 aromatic rings. The van der Waals surface area contributed by atoms with Gasteiger partial charge < -0.3 is 5.11 Å². The van der Waals surface area contributed by atoms with Gasteiger partial charge in [-0.2, -0.15) is 5.26 Å². The van der Waals surface area contributed by atoms with Gasteiger partial charge in [0.25, 0.3) is 0 Å². The lowest BCUT2D eigenvalue weighted by Gasteiger charge is -2.09. The summed E-state index contributed by atoms with van der Waals surface area (Å²) < 4.78 is 0. The van der Waals surface area contributed by atoms with E-state index in [2.05, 4.69) is 0 Å². The van der Waals surface area contributed by atoms with Gasteiger partial charge >= 0.3 is 0 Å². The van der Waals surface area contributed by atoms with Gasteiger partial charge in [0.05, 0.1) is 17.2 Å². The van der Waals surface area contributed by atoms with Gasteiger partial charge in [0.15, 0.2) is 6.29 Å². The molecule has 1 N–H and O–H groups in total. The largest absolute Gasteiger partial charge is 0.507 e. The van der Waals surface area contributed by atoms with E-state index in [1.807, 2.05) is 19.9 Å². The predicted octanol–water partition coefficient (Wildman–Crippen LogP) is 2.20. The number of hydrogen-bond acceptors (Lipinski definition) is 3. The molecule has 0 heterocycles. The highest BCUT2D eigenvalue weighted by Gasteiger charge is 2.10. The zero-order valence-electron chi connectivity index (χ0n) is 8.11. The van der Waals surface area contributed by atoms with Crippen LogP contribution in [0.1, 0.15) is 41.3 Å². The molecule has 3 heteroatoms. The van der Waals surface area contributed by atoms with E-state index in [0.717, 1.165) is 5.56 Å². The van der Waals surface area contributed by atoms with E-state index in [-0.39, 0.29) is 17.2 Å². The van der Waals surface area contributed by atoms with Gasteiger partial charge in [0.2, 0.25) is 0 Å². The molecule has 0 aliphatic carbocycles. The summed E-state index contributed by atoms with van der Waals surface area (Å²) in [4.78, 5) is 10.6. The number of aromatic hydroxyl groups is 1. The second kappa shape index (κ2) is 3.93. The van der Waals surface area contributed by atoms with Crippen molar-refractivity contribution in [3.05, 3.63) is 28.8 Å². The minimum absolute atomic E-state index is 0.138. The van der Waals surface area contributed by atoms with Gasteiger partial charge in [-0.25, -0.2) is 0 Å². The van der Waals surface area contributed by atoms with E-state index in [4.69, 9.17) is 5.26 Å². The topological polar surface area (TPSA) is 61.1 Å². The van der Waals surface area contributed by atoms with Gasteiger partial charge in [-0.3, -0.25) is 4.79 Å². The summed E-state index contributed by atoms with van der Waals surface area (Å²) in [5.41, 5.74) is 1.43. The molecule has 0 saturated carbocycles. The maximum absolute atomic E-state index is 10.6. The highest BCUT2D eigenvalue weighted by molar-refractivity contribution is 5.80. The molecule has 0 spiro atoms. The molecule has 0 radical (unpaired) electrons. The van der Waals surface area contributed by atoms with Crippen LogP contribution in [-0.4, -0.2) is 11.4 Å². The summed E-state index contributed by atoms with van der Waals surface area (Å²) in [5.74, 6) is 0.0184. The quantitative estimate of drug-likeness (QED) is 0.725. The maximum Gasteiger partial charge on any atom is 0.153 e. The van der Waals surface area contributed by atoms with E-state index in [1.54, 1.807) is 6.07 Å². The monoisotopic (exact) mass is 189 g/mol. The van der Waals surface area contributed by atoms with Crippen LogP contribution in [0.2, 0.25) is 0 Å². The Balaban J connectivity index is 3.41. The summed E-state index contributed by atoms with van der Waals surface area (Å²) in [5, 5.41) is 18.2. The zero-order valence-corrected chi connectivity index (χ0v) is 8.11. The van der Waals surface area contributed by atoms with Gasteiger partial charge in [0.1, 0.15) is 5.75 Å². The third kappa shape index (κ3) is 1.74. The molecule has 0 atom stereocenters. The van der Waals surface area contributed by atoms with Crippen LogP contribution in [-0.2, 0) is 0 Å². The van der Waals surface area contributed by atoms with Crippen molar-refractivity contribution in [1.29, 1.82) is 5.26 Å². The van der Waals surface area contributed by atoms with Crippen molar-refractivity contribution >= 4 is 6.29 Å². The molecular formula is C11H11NO2. The summed E-state index contributed by atoms with van der Waals surface area (Å²) in [6.07, 6.45) is 0.586. The summed E-state index contributed by atoms with van der Waals surface area (Å²) >= 11 is 0. The highest BCUT2D eigenvalue weighted by atomic mass is 16.3. The second-order valence-corrected chi connectivity index (χ2v) is 3.38. The van der Waals surface area contributed by atoms with E-state index >= 15 is 0 Å². The molecule has 0 amide bonds. The molecule has 1 aromatic carbocycles. The number of rotatable bonds is 2. The smallest absolute Gasteiger partial charge is 0.153 e. The van der Waals surface area contributed by atoms with Crippen LogP contribution in [0.3, 0.4) is 0 Å². The molecular weight excluding hydrogens is 178 g/mol. The number of phenols is 1. The van der Waals surface area contributed by atoms with Crippen molar-refractivity contribution in [2.45, 2.75) is 19.8 Å². The molecule has 0 saturated heterocycles. The van der Waals surface area contributed by atoms with E-state index in [0.29, 0.717) is 11.8 Å². The Morgan fingerprint density at radius 2 is 2.14 bits per heavy atom. The fourth-order valence-corrected chi connectivity index (χ4v) is 1.29. The van der Waals surface area contributed by atoms with E-state index in [9.17, 15) is 9.90 Å². The lowest BCUT2D eigenvalue weighted by molar-refractivity contribution is 0.112. The van der Waals surface area contributed by atoms with Crippen molar-refractivity contribution in [3.8, 4) is 11.8 Å². The Bertz CT molecular complexity index is 402. The fourth-order valence-electron chi connectivity index (χ4n) is 1.29. The summed E-state index contributed by atoms with van der Waals surface area (Å²) in [6, 6.07) is 4.89. The number of benzene rings is 1. The van der Waals surface area contributed by atoms with Crippen LogP contribution in [0, 0.1) is 11.3 Å². The van der Waals surface area contributed by atoms with Crippen molar-refractivity contribution in [1.82, 2.24) is 0 Å². The molecule has 72 valence electrons. The highest BCUT2D eigenvalue weighted by Crippen LogP contribution is 2.26. The number of nitrogens with zero attached hydrogens (tertiary/aromatic N) is 1. The average Bonchev–Trinajstić information content (AvgIpc) is 2.16. The molecule has 0 bridgehead atoms. The molecule has 1 rings (SSSR count). The Labute approximate surface area is 82.6 Å². The van der Waals surface area contributed by atoms with Crippen LogP contribution < -0.4 is 0 Å². The van der Waals surface area contributed by atoms with Crippen LogP contribution in [0.15, 0.2) is 12.1 Å². The Kier molecular flexibility index (Phi) is 2.88. The number of hydrogen-bond donors (Lipinski definition) is 1. The first-order valence-electron chi connectivity index (χ1n) is 4.32. The summed E-state index contributed by atoms with van der Waals surface area (Å²) in [6.45, 7) is 3.86. The van der Waals surface area contributed by atoms with Crippen LogP contribution in [0.5, 0.6) is 5.75 Å². The SMILES string of the molecule is CC(C)c1cc(C=O)c(O)cc1C#N. The lowest BCUT2D eigenvalue weighted by atomic mass is 9.95. The zero-order chi connectivity index (χ0) is 10.7. The lowest BCUT2D eigenvalue weighted by Crippen LogP contribution is -1.95. The number of phenolic OH excluding ortho intramolecular Hbond substituents is 1. The molecule has 0 aliphatic heterocycles. The summed E-state index contributed by atoms with van der Waals surface area (Å²) in [7, 11) is 0. The molecule has 0 aromatic heterocycles. The molecule has 0 aliphatic rings. The molecule has 3 nitrogen and oxygen atoms in total. The fraction of sp³-hybridized carbons (Fsp3) is 0.273. The minimum Gasteiger partial charge on any atom is -0.507 e. The molecule has 0 unspecified atom stereocenters. The standard InChI is InChI=1S/C11H11NO2/c1-7(2)10-3-9(6-13)11(14)4-8(10)5-12/h3-4,6-7,14H,1-2H3. The predicted molar refractivity (Wildman–Crippen MR) is 52.3 cm³/mol. The number of carbonyl (C=O) groups excluding carboxylic acids is 1. The van der Waals surface area contributed by atoms with Crippen molar-refractivity contribution in [2.24, 2.45) is 0 Å². The first-order valence-corrected chi connectivity index (χ1v) is 4.32. The molecule has 14 heavy (non-hydrogen) atoms. The van der Waals surface area contributed by atoms with Gasteiger partial charge in [-0.05, 0) is 23.6 Å². The second-order valence-electron chi connectivity index (χ2n) is 3.38. The van der Waals surface area contributed by atoms with Crippen molar-refractivity contribution < 1.29 is 9.90 Å². The van der Waals surface area contributed by atoms with Crippen molar-refractivity contribution in [3.63, 3.8) is 0 Å². The Hall–Kier alpha value is -1.82. The third-order valence-electron chi connectivity index (χ3n) is 2.07. The number of carbonyl (C=O) groups is 1. The first-order chi connectivity index (χ1) is 6.60.